The van der Waals surface area contributed by atoms with Crippen molar-refractivity contribution < 1.29 is 28.5 Å². The second-order valence-corrected chi connectivity index (χ2v) is 14.0. The molecule has 0 spiro atoms. The second kappa shape index (κ2) is 11.3. The number of hydrazine groups is 1. The van der Waals surface area contributed by atoms with Gasteiger partial charge >= 0.3 is 11.9 Å². The first-order valence-electron chi connectivity index (χ1n) is 13.3. The summed E-state index contributed by atoms with van der Waals surface area (Å²) in [5.74, 6) is -1.51. The van der Waals surface area contributed by atoms with Gasteiger partial charge in [0.15, 0.2) is 11.3 Å². The second-order valence-electron chi connectivity index (χ2n) is 11.9. The number of nitrogens with zero attached hydrogens (tertiary/aromatic N) is 3. The summed E-state index contributed by atoms with van der Waals surface area (Å²) in [4.78, 5) is 61.1. The summed E-state index contributed by atoms with van der Waals surface area (Å²) in [6, 6.07) is 3.77. The summed E-state index contributed by atoms with van der Waals surface area (Å²) in [7, 11) is 1.70. The Bertz CT molecular complexity index is 1400. The number of allylic oxidation sites excluding steroid dienone is 1. The Kier molecular flexibility index (Phi) is 8.57. The number of hydrogen-bond donors (Lipinski definition) is 4. The molecular weight excluding hydrogens is 605 g/mol. The fourth-order valence-electron chi connectivity index (χ4n) is 5.76. The van der Waals surface area contributed by atoms with E-state index in [2.05, 4.69) is 10.9 Å². The number of rotatable bonds is 7. The number of quaternary nitrogens is 1. The van der Waals surface area contributed by atoms with E-state index in [4.69, 9.17) is 39.5 Å². The zero-order valence-electron chi connectivity index (χ0n) is 24.1. The maximum atomic E-state index is 15.6. The zero-order valence-corrected chi connectivity index (χ0v) is 26.5. The standard InChI is InChI=1S/C27H35Cl2N7O5S/c1-25(2,3)19-9-10-27(42-19,35(24(31)40)18-8-6-7-17(28)21(18)29)23(39)36(15-16-14-34(5)33-41-16)12-11-32-22(38)26(36,4)13-20(30)37/h6-9,14,33H,10-13,15H2,1-5H3,(H4-,30,31,32,37,38,40)/p+1. The first kappa shape index (κ1) is 32.0. The number of nitrogens with one attached hydrogen (secondary N) is 2. The third-order valence-electron chi connectivity index (χ3n) is 7.87. The Morgan fingerprint density at radius 1 is 1.24 bits per heavy atom. The smallest absolute Gasteiger partial charge is 0.352 e. The molecule has 3 heterocycles. The van der Waals surface area contributed by atoms with E-state index in [0.717, 1.165) is 9.81 Å². The number of hydrogen-bond acceptors (Lipinski definition) is 8. The van der Waals surface area contributed by atoms with Crippen LogP contribution in [0.2, 0.25) is 10.0 Å². The zero-order chi connectivity index (χ0) is 31.3. The fraction of sp³-hybridized carbons (Fsp3) is 0.481. The molecule has 1 aromatic rings. The van der Waals surface area contributed by atoms with E-state index in [1.165, 1.54) is 18.7 Å². The van der Waals surface area contributed by atoms with Crippen LogP contribution in [0.15, 0.2) is 41.1 Å². The Labute approximate surface area is 258 Å². The number of carbonyl (C=O) groups excluding carboxylic acids is 4. The van der Waals surface area contributed by atoms with Crippen molar-refractivity contribution in [2.45, 2.75) is 50.9 Å². The molecule has 15 heteroatoms. The largest absolute Gasteiger partial charge is 0.386 e. The minimum atomic E-state index is -1.72. The van der Waals surface area contributed by atoms with E-state index in [0.29, 0.717) is 5.76 Å². The molecular formula is C27H36Cl2N7O5S+. The minimum absolute atomic E-state index is 0.0328. The molecule has 3 aliphatic heterocycles. The van der Waals surface area contributed by atoms with Gasteiger partial charge in [0.25, 0.3) is 5.91 Å². The van der Waals surface area contributed by atoms with Crippen molar-refractivity contribution in [3.8, 4) is 0 Å². The van der Waals surface area contributed by atoms with E-state index in [-0.39, 0.29) is 41.8 Å². The van der Waals surface area contributed by atoms with Crippen LogP contribution in [0.5, 0.6) is 0 Å². The third kappa shape index (κ3) is 5.32. The molecule has 12 nitrogen and oxygen atoms in total. The first-order valence-corrected chi connectivity index (χ1v) is 14.8. The average Bonchev–Trinajstić information content (AvgIpc) is 3.51. The lowest BCUT2D eigenvalue weighted by Gasteiger charge is -2.54. The molecule has 0 bridgehead atoms. The number of anilines is 1. The van der Waals surface area contributed by atoms with Crippen molar-refractivity contribution in [1.82, 2.24) is 15.9 Å². The molecule has 0 aromatic heterocycles. The first-order chi connectivity index (χ1) is 19.5. The van der Waals surface area contributed by atoms with E-state index in [9.17, 15) is 14.4 Å². The lowest BCUT2D eigenvalue weighted by atomic mass is 9.85. The predicted molar refractivity (Wildman–Crippen MR) is 161 cm³/mol. The van der Waals surface area contributed by atoms with Crippen molar-refractivity contribution in [1.29, 1.82) is 0 Å². The summed E-state index contributed by atoms with van der Waals surface area (Å²) in [6.07, 6.45) is 3.12. The van der Waals surface area contributed by atoms with Crippen LogP contribution < -0.4 is 27.3 Å². The normalized spacial score (nSPS) is 27.6. The van der Waals surface area contributed by atoms with Gasteiger partial charge in [0.2, 0.25) is 10.8 Å². The molecule has 6 N–H and O–H groups in total. The predicted octanol–water partition coefficient (Wildman–Crippen LogP) is 2.97. The summed E-state index contributed by atoms with van der Waals surface area (Å²) < 4.78 is -0.594. The molecule has 3 unspecified atom stereocenters. The highest BCUT2D eigenvalue weighted by molar-refractivity contribution is 8.05. The van der Waals surface area contributed by atoms with Crippen LogP contribution in [0.25, 0.3) is 0 Å². The number of benzene rings is 1. The highest BCUT2D eigenvalue weighted by Gasteiger charge is 2.68. The highest BCUT2D eigenvalue weighted by atomic mass is 35.5. The summed E-state index contributed by atoms with van der Waals surface area (Å²) in [5, 5.41) is 4.53. The van der Waals surface area contributed by atoms with Crippen LogP contribution in [-0.2, 0) is 19.2 Å². The number of nitrogens with two attached hydrogens (primary N) is 2. The topological polar surface area (TPSA) is 160 Å². The number of primary amides is 2. The van der Waals surface area contributed by atoms with Crippen LogP contribution in [-0.4, -0.2) is 70.3 Å². The molecule has 1 fully saturated rings. The molecule has 3 aliphatic rings. The van der Waals surface area contributed by atoms with Gasteiger partial charge in [-0.15, -0.1) is 0 Å². The van der Waals surface area contributed by atoms with Crippen LogP contribution >= 0.6 is 35.0 Å². The van der Waals surface area contributed by atoms with Gasteiger partial charge < -0.3 is 21.6 Å². The van der Waals surface area contributed by atoms with Gasteiger partial charge in [-0.2, -0.15) is 0 Å². The monoisotopic (exact) mass is 640 g/mol. The Morgan fingerprint density at radius 3 is 2.48 bits per heavy atom. The van der Waals surface area contributed by atoms with Crippen LogP contribution in [0.4, 0.5) is 10.5 Å². The lowest BCUT2D eigenvalue weighted by molar-refractivity contribution is -0.893. The molecule has 4 rings (SSSR count). The molecule has 42 heavy (non-hydrogen) atoms. The van der Waals surface area contributed by atoms with Crippen molar-refractivity contribution in [3.05, 3.63) is 51.2 Å². The molecule has 1 saturated heterocycles. The van der Waals surface area contributed by atoms with Gasteiger partial charge in [0.1, 0.15) is 13.1 Å². The number of amides is 5. The van der Waals surface area contributed by atoms with Gasteiger partial charge in [-0.1, -0.05) is 73.5 Å². The Morgan fingerprint density at radius 2 is 1.93 bits per heavy atom. The molecule has 0 aliphatic carbocycles. The Balaban J connectivity index is 2.02. The maximum absolute atomic E-state index is 15.6. The number of carbonyl (C=O) groups is 4. The third-order valence-corrected chi connectivity index (χ3v) is 10.5. The van der Waals surface area contributed by atoms with Crippen molar-refractivity contribution in [2.75, 3.05) is 31.6 Å². The van der Waals surface area contributed by atoms with Crippen LogP contribution in [0.3, 0.4) is 0 Å². The molecule has 0 saturated carbocycles. The molecule has 1 aromatic carbocycles. The quantitative estimate of drug-likeness (QED) is 0.331. The van der Waals surface area contributed by atoms with Crippen LogP contribution in [0.1, 0.15) is 40.5 Å². The van der Waals surface area contributed by atoms with Gasteiger partial charge in [-0.05, 0) is 22.5 Å². The van der Waals surface area contributed by atoms with Gasteiger partial charge in [0.05, 0.1) is 34.9 Å². The summed E-state index contributed by atoms with van der Waals surface area (Å²) in [6.45, 7) is 7.55. The van der Waals surface area contributed by atoms with Crippen molar-refractivity contribution in [3.63, 3.8) is 0 Å². The maximum Gasteiger partial charge on any atom is 0.352 e. The number of halogens is 2. The minimum Gasteiger partial charge on any atom is -0.386 e. The average molecular weight is 642 g/mol. The highest BCUT2D eigenvalue weighted by Crippen LogP contribution is 2.56. The SMILES string of the molecule is CN1C=C(C[N+]2(C(=O)C3(N(C(N)=O)c4cccc(Cl)c4Cl)CC=C(C(C)(C)C)S3)CCNC(=O)C2(C)CC(N)=O)ON1. The molecule has 0 radical (unpaired) electrons. The number of urea groups is 1. The van der Waals surface area contributed by atoms with E-state index in [1.807, 2.05) is 26.8 Å². The molecule has 3 atom stereocenters. The number of piperazine rings is 1. The molecule has 228 valence electrons. The number of thioether (sulfide) groups is 1. The summed E-state index contributed by atoms with van der Waals surface area (Å²) in [5.41, 5.74) is 12.5. The van der Waals surface area contributed by atoms with Gasteiger partial charge in [0, 0.05) is 20.4 Å². The summed E-state index contributed by atoms with van der Waals surface area (Å²) >= 11 is 14.2. The van der Waals surface area contributed by atoms with Gasteiger partial charge in [-0.25, -0.2) is 14.1 Å². The van der Waals surface area contributed by atoms with E-state index >= 15 is 4.79 Å². The van der Waals surface area contributed by atoms with E-state index < -0.39 is 50.5 Å². The lowest BCUT2D eigenvalue weighted by Crippen LogP contribution is -2.81. The van der Waals surface area contributed by atoms with Crippen LogP contribution in [0, 0.1) is 5.41 Å². The Hall–Kier alpha value is -2.97. The van der Waals surface area contributed by atoms with Gasteiger partial charge in [-0.3, -0.25) is 19.5 Å². The van der Waals surface area contributed by atoms with Crippen molar-refractivity contribution in [2.24, 2.45) is 16.9 Å². The van der Waals surface area contributed by atoms with Crippen molar-refractivity contribution >= 4 is 64.4 Å². The molecule has 5 amide bonds. The fourth-order valence-corrected chi connectivity index (χ4v) is 7.69. The van der Waals surface area contributed by atoms with E-state index in [1.54, 1.807) is 36.5 Å².